The van der Waals surface area contributed by atoms with Crippen LogP contribution in [0, 0.1) is 19.8 Å². The molecular formula is C23H29N5O3. The molecule has 8 nitrogen and oxygen atoms in total. The number of nitrogens with zero attached hydrogens (tertiary/aromatic N) is 4. The van der Waals surface area contributed by atoms with Gasteiger partial charge in [-0.15, -0.1) is 0 Å². The van der Waals surface area contributed by atoms with E-state index in [1.54, 1.807) is 6.92 Å². The molecule has 3 aromatic rings. The zero-order valence-corrected chi connectivity index (χ0v) is 18.4. The third-order valence-corrected chi connectivity index (χ3v) is 5.89. The van der Waals surface area contributed by atoms with Crippen molar-refractivity contribution in [2.75, 3.05) is 31.6 Å². The Morgan fingerprint density at radius 3 is 2.74 bits per heavy atom. The molecule has 2 aromatic heterocycles. The number of benzene rings is 1. The third kappa shape index (κ3) is 4.85. The Morgan fingerprint density at radius 2 is 2.00 bits per heavy atom. The second-order valence-electron chi connectivity index (χ2n) is 8.09. The fraction of sp³-hybridized carbons (Fsp3) is 0.478. The lowest BCUT2D eigenvalue weighted by atomic mass is 9.96. The van der Waals surface area contributed by atoms with Gasteiger partial charge in [-0.3, -0.25) is 4.90 Å². The topological polar surface area (TPSA) is 93.4 Å². The molecule has 0 spiro atoms. The van der Waals surface area contributed by atoms with Gasteiger partial charge in [-0.2, -0.15) is 4.98 Å². The van der Waals surface area contributed by atoms with Gasteiger partial charge in [-0.05, 0) is 63.7 Å². The average molecular weight is 424 g/mol. The summed E-state index contributed by atoms with van der Waals surface area (Å²) in [5.74, 6) is 0.533. The van der Waals surface area contributed by atoms with Crippen LogP contribution < -0.4 is 5.32 Å². The van der Waals surface area contributed by atoms with Gasteiger partial charge in [-0.1, -0.05) is 29.4 Å². The summed E-state index contributed by atoms with van der Waals surface area (Å²) < 4.78 is 10.3. The fourth-order valence-electron chi connectivity index (χ4n) is 4.02. The van der Waals surface area contributed by atoms with Crippen LogP contribution in [0.25, 0.3) is 11.1 Å². The van der Waals surface area contributed by atoms with E-state index in [4.69, 9.17) is 9.26 Å². The Kier molecular flexibility index (Phi) is 6.46. The van der Waals surface area contributed by atoms with E-state index in [-0.39, 0.29) is 12.4 Å². The smallest absolute Gasteiger partial charge is 0.376 e. The first-order valence-corrected chi connectivity index (χ1v) is 10.9. The summed E-state index contributed by atoms with van der Waals surface area (Å²) in [5, 5.41) is 8.11. The number of hydrogen-bond donors (Lipinski definition) is 1. The first-order valence-electron chi connectivity index (χ1n) is 10.9. The van der Waals surface area contributed by atoms with Crippen LogP contribution in [-0.2, 0) is 11.3 Å². The molecule has 0 bridgehead atoms. The molecule has 0 amide bonds. The molecule has 1 fully saturated rings. The zero-order chi connectivity index (χ0) is 21.8. The lowest BCUT2D eigenvalue weighted by Gasteiger charge is -2.32. The molecule has 0 unspecified atom stereocenters. The van der Waals surface area contributed by atoms with Crippen molar-refractivity contribution in [2.45, 2.75) is 40.2 Å². The number of esters is 1. The highest BCUT2D eigenvalue weighted by atomic mass is 16.5. The number of anilines is 1. The minimum absolute atomic E-state index is 0.0129. The minimum atomic E-state index is -0.564. The molecule has 8 heteroatoms. The van der Waals surface area contributed by atoms with Crippen LogP contribution in [0.2, 0.25) is 0 Å². The van der Waals surface area contributed by atoms with Gasteiger partial charge in [0.05, 0.1) is 12.3 Å². The molecule has 1 saturated heterocycles. The number of likely N-dealkylation sites (tertiary alicyclic amines) is 1. The highest BCUT2D eigenvalue weighted by Crippen LogP contribution is 2.26. The average Bonchev–Trinajstić information content (AvgIpc) is 3.16. The third-order valence-electron chi connectivity index (χ3n) is 5.89. The number of hydrogen-bond acceptors (Lipinski definition) is 8. The number of nitrogens with one attached hydrogen (secondary N) is 1. The maximum absolute atomic E-state index is 12.1. The lowest BCUT2D eigenvalue weighted by Crippen LogP contribution is -2.35. The summed E-state index contributed by atoms with van der Waals surface area (Å²) in [7, 11) is 0. The van der Waals surface area contributed by atoms with Crippen LogP contribution >= 0.6 is 0 Å². The first kappa shape index (κ1) is 21.2. The van der Waals surface area contributed by atoms with Crippen molar-refractivity contribution in [2.24, 2.45) is 5.92 Å². The number of aromatic nitrogens is 3. The van der Waals surface area contributed by atoms with Crippen LogP contribution in [0.4, 0.5) is 5.82 Å². The molecule has 0 radical (unpaired) electrons. The van der Waals surface area contributed by atoms with Crippen LogP contribution in [0.5, 0.6) is 0 Å². The quantitative estimate of drug-likeness (QED) is 0.575. The number of piperidine rings is 1. The molecule has 4 rings (SSSR count). The summed E-state index contributed by atoms with van der Waals surface area (Å²) in [6.07, 6.45) is 2.22. The van der Waals surface area contributed by atoms with E-state index >= 15 is 0 Å². The highest BCUT2D eigenvalue weighted by Gasteiger charge is 2.23. The van der Waals surface area contributed by atoms with E-state index in [9.17, 15) is 4.79 Å². The molecule has 3 heterocycles. The van der Waals surface area contributed by atoms with Gasteiger partial charge in [-0.25, -0.2) is 9.78 Å². The molecule has 0 aliphatic carbocycles. The zero-order valence-electron chi connectivity index (χ0n) is 18.4. The van der Waals surface area contributed by atoms with E-state index in [0.29, 0.717) is 28.5 Å². The second kappa shape index (κ2) is 9.43. The van der Waals surface area contributed by atoms with Gasteiger partial charge < -0.3 is 14.6 Å². The van der Waals surface area contributed by atoms with Crippen molar-refractivity contribution < 1.29 is 14.1 Å². The maximum atomic E-state index is 12.1. The Balaban J connectivity index is 1.39. The molecule has 1 aromatic carbocycles. The van der Waals surface area contributed by atoms with Gasteiger partial charge in [0.15, 0.2) is 0 Å². The van der Waals surface area contributed by atoms with E-state index in [0.717, 1.165) is 39.0 Å². The molecule has 164 valence electrons. The van der Waals surface area contributed by atoms with Gasteiger partial charge >= 0.3 is 5.97 Å². The largest absolute Gasteiger partial charge is 0.460 e. The minimum Gasteiger partial charge on any atom is -0.460 e. The number of carbonyl (C=O) groups excluding carboxylic acids is 1. The number of aryl methyl sites for hydroxylation is 2. The number of rotatable bonds is 7. The Morgan fingerprint density at radius 1 is 1.23 bits per heavy atom. The van der Waals surface area contributed by atoms with E-state index in [1.807, 2.05) is 6.92 Å². The molecular weight excluding hydrogens is 394 g/mol. The van der Waals surface area contributed by atoms with Crippen LogP contribution in [-0.4, -0.2) is 52.2 Å². The Hall–Kier alpha value is -3.00. The standard InChI is InChI=1S/C23H29N5O3/c1-4-30-23(29)21-25-20(19-16(3)27-31-22(19)26-21)24-13-17-9-11-28(12-10-17)14-18-8-6-5-7-15(18)2/h5-8,17H,4,9-14H2,1-3H3,(H,24,25,26). The van der Waals surface area contributed by atoms with Gasteiger partial charge in [0.1, 0.15) is 11.2 Å². The van der Waals surface area contributed by atoms with Crippen LogP contribution in [0.1, 0.15) is 47.2 Å². The van der Waals surface area contributed by atoms with Gasteiger partial charge in [0, 0.05) is 13.1 Å². The summed E-state index contributed by atoms with van der Waals surface area (Å²) >= 11 is 0. The Bertz CT molecular complexity index is 1060. The summed E-state index contributed by atoms with van der Waals surface area (Å²) in [5.41, 5.74) is 3.74. The van der Waals surface area contributed by atoms with Crippen molar-refractivity contribution in [1.29, 1.82) is 0 Å². The monoisotopic (exact) mass is 423 g/mol. The highest BCUT2D eigenvalue weighted by molar-refractivity contribution is 5.93. The molecule has 1 N–H and O–H groups in total. The predicted molar refractivity (Wildman–Crippen MR) is 118 cm³/mol. The summed E-state index contributed by atoms with van der Waals surface area (Å²) in [6.45, 7) is 9.94. The van der Waals surface area contributed by atoms with E-state index < -0.39 is 5.97 Å². The van der Waals surface area contributed by atoms with Gasteiger partial charge in [0.2, 0.25) is 5.82 Å². The lowest BCUT2D eigenvalue weighted by molar-refractivity contribution is 0.0512. The molecule has 0 saturated carbocycles. The normalized spacial score (nSPS) is 15.3. The Labute approximate surface area is 182 Å². The molecule has 1 aliphatic heterocycles. The molecule has 0 atom stereocenters. The van der Waals surface area contributed by atoms with Gasteiger partial charge in [0.25, 0.3) is 5.71 Å². The number of carbonyl (C=O) groups is 1. The summed E-state index contributed by atoms with van der Waals surface area (Å²) in [6, 6.07) is 8.58. The molecule has 31 heavy (non-hydrogen) atoms. The van der Waals surface area contributed by atoms with Crippen molar-refractivity contribution in [3.8, 4) is 0 Å². The first-order chi connectivity index (χ1) is 15.0. The molecule has 1 aliphatic rings. The van der Waals surface area contributed by atoms with Crippen molar-refractivity contribution in [3.05, 3.63) is 46.9 Å². The predicted octanol–water partition coefficient (Wildman–Crippen LogP) is 3.74. The number of ether oxygens (including phenoxy) is 1. The van der Waals surface area contributed by atoms with Crippen molar-refractivity contribution >= 4 is 22.9 Å². The number of fused-ring (bicyclic) bond motifs is 1. The summed E-state index contributed by atoms with van der Waals surface area (Å²) in [4.78, 5) is 23.2. The fourth-order valence-corrected chi connectivity index (χ4v) is 4.02. The van der Waals surface area contributed by atoms with E-state index in [1.165, 1.54) is 11.1 Å². The van der Waals surface area contributed by atoms with Crippen molar-refractivity contribution in [3.63, 3.8) is 0 Å². The van der Waals surface area contributed by atoms with E-state index in [2.05, 4.69) is 56.5 Å². The second-order valence-corrected chi connectivity index (χ2v) is 8.09. The van der Waals surface area contributed by atoms with Crippen LogP contribution in [0.3, 0.4) is 0 Å². The SMILES string of the molecule is CCOC(=O)c1nc(NCC2CCN(Cc3ccccc3C)CC2)c2c(C)noc2n1. The van der Waals surface area contributed by atoms with Crippen molar-refractivity contribution in [1.82, 2.24) is 20.0 Å². The van der Waals surface area contributed by atoms with Crippen LogP contribution in [0.15, 0.2) is 28.8 Å². The maximum Gasteiger partial charge on any atom is 0.376 e.